The molecule has 2 atom stereocenters. The van der Waals surface area contributed by atoms with Crippen molar-refractivity contribution in [3.63, 3.8) is 0 Å². The Kier molecular flexibility index (Phi) is 8.48. The Bertz CT molecular complexity index is 1840. The first-order valence-electron chi connectivity index (χ1n) is 15.4. The van der Waals surface area contributed by atoms with Crippen molar-refractivity contribution in [1.82, 2.24) is 40.3 Å². The highest BCUT2D eigenvalue weighted by atomic mass is 35.5. The molecule has 0 spiro atoms. The first-order chi connectivity index (χ1) is 22.7. The highest BCUT2D eigenvalue weighted by Crippen LogP contribution is 2.43. The van der Waals surface area contributed by atoms with Crippen molar-refractivity contribution in [2.75, 3.05) is 6.61 Å². The molecular formula is C33H36ClF2N9O3. The van der Waals surface area contributed by atoms with Gasteiger partial charge in [-0.3, -0.25) is 15.1 Å². The van der Waals surface area contributed by atoms with Crippen molar-refractivity contribution in [1.29, 1.82) is 5.41 Å². The number of halogens is 3. The van der Waals surface area contributed by atoms with Gasteiger partial charge in [0.25, 0.3) is 5.91 Å². The Morgan fingerprint density at radius 2 is 1.90 bits per heavy atom. The number of ether oxygens (including phenoxy) is 1. The molecule has 0 bridgehead atoms. The van der Waals surface area contributed by atoms with Gasteiger partial charge in [0.05, 0.1) is 35.3 Å². The molecule has 6 rings (SSSR count). The van der Waals surface area contributed by atoms with Crippen LogP contribution in [0.5, 0.6) is 0 Å². The van der Waals surface area contributed by atoms with Gasteiger partial charge in [-0.25, -0.2) is 14.2 Å². The number of alkyl carbamates (subject to hydrolysis) is 1. The quantitative estimate of drug-likeness (QED) is 0.181. The van der Waals surface area contributed by atoms with Crippen LogP contribution in [0.15, 0.2) is 67.3 Å². The number of hydrogen-bond acceptors (Lipinski definition) is 7. The van der Waals surface area contributed by atoms with Crippen LogP contribution in [-0.2, 0) is 15.1 Å². The monoisotopic (exact) mass is 679 g/mol. The van der Waals surface area contributed by atoms with E-state index in [1.54, 1.807) is 48.7 Å². The lowest BCUT2D eigenvalue weighted by Crippen LogP contribution is -2.47. The van der Waals surface area contributed by atoms with E-state index < -0.39 is 30.1 Å². The molecule has 1 aliphatic heterocycles. The fourth-order valence-electron chi connectivity index (χ4n) is 5.99. The fourth-order valence-corrected chi connectivity index (χ4v) is 6.20. The molecule has 1 saturated carbocycles. The lowest BCUT2D eigenvalue weighted by molar-refractivity contribution is -0.134. The summed E-state index contributed by atoms with van der Waals surface area (Å²) < 4.78 is 34.1. The summed E-state index contributed by atoms with van der Waals surface area (Å²) in [6, 6.07) is 11.2. The first-order valence-corrected chi connectivity index (χ1v) is 15.8. The number of carbonyl (C=O) groups is 2. The molecule has 1 aliphatic carbocycles. The van der Waals surface area contributed by atoms with Crippen molar-refractivity contribution in [2.24, 2.45) is 5.41 Å². The van der Waals surface area contributed by atoms with E-state index in [9.17, 15) is 18.4 Å². The minimum absolute atomic E-state index is 0.174. The fraction of sp³-hybridized carbons (Fsp3) is 0.394. The molecule has 3 N–H and O–H groups in total. The molecule has 2 amide bonds. The van der Waals surface area contributed by atoms with Gasteiger partial charge in [-0.1, -0.05) is 67.9 Å². The topological polar surface area (TPSA) is 143 Å². The number of nitrogens with zero attached hydrogens (tertiary/aromatic N) is 6. The Morgan fingerprint density at radius 1 is 1.17 bits per heavy atom. The molecule has 2 aliphatic rings. The van der Waals surface area contributed by atoms with E-state index in [1.165, 1.54) is 28.2 Å². The SMILES string of the molecule is CC(C)(C)C[C@]1(c2ccc(-c3cnn(C(F)F)c3)cc2)NC(=N)N([C@H](COC(=O)NC2(C)CC2)c2ccc(Cl)c(-n3ccnn3)c2)C1=O. The molecule has 48 heavy (non-hydrogen) atoms. The summed E-state index contributed by atoms with van der Waals surface area (Å²) in [7, 11) is 0. The smallest absolute Gasteiger partial charge is 0.407 e. The molecule has 0 radical (unpaired) electrons. The predicted molar refractivity (Wildman–Crippen MR) is 174 cm³/mol. The van der Waals surface area contributed by atoms with Gasteiger partial charge in [-0.2, -0.15) is 13.9 Å². The third-order valence-corrected chi connectivity index (χ3v) is 8.90. The van der Waals surface area contributed by atoms with Crippen LogP contribution < -0.4 is 10.6 Å². The average Bonchev–Trinajstić information content (AvgIpc) is 3.42. The first kappa shape index (κ1) is 33.1. The number of rotatable bonds is 10. The van der Waals surface area contributed by atoms with E-state index in [2.05, 4.69) is 26.0 Å². The van der Waals surface area contributed by atoms with Crippen LogP contribution in [-0.4, -0.2) is 59.8 Å². The maximum atomic E-state index is 14.8. The average molecular weight is 680 g/mol. The van der Waals surface area contributed by atoms with Crippen LogP contribution in [0.2, 0.25) is 5.02 Å². The maximum Gasteiger partial charge on any atom is 0.407 e. The van der Waals surface area contributed by atoms with Gasteiger partial charge < -0.3 is 15.4 Å². The second-order valence-corrected chi connectivity index (χ2v) is 14.1. The minimum atomic E-state index is -2.77. The Morgan fingerprint density at radius 3 is 2.50 bits per heavy atom. The summed E-state index contributed by atoms with van der Waals surface area (Å²) in [6.45, 7) is 4.89. The normalized spacial score (nSPS) is 19.4. The van der Waals surface area contributed by atoms with Crippen LogP contribution >= 0.6 is 11.6 Å². The Labute approximate surface area is 280 Å². The van der Waals surface area contributed by atoms with Crippen molar-refractivity contribution < 1.29 is 23.1 Å². The standard InChI is InChI=1S/C33H36ClF2N9O3/c1-31(2,3)19-33(23-8-5-20(6-9-23)22-16-39-44(17-22)28(35)36)27(46)45(29(37)40-33)26(18-48-30(47)41-32(4)11-12-32)21-7-10-24(34)25(15-21)43-14-13-38-42-43/h5-10,13-17,26,28H,11-12,18-19H2,1-4H3,(H2,37,40)(H,41,47)/t26-,33-/m1/s1. The summed E-state index contributed by atoms with van der Waals surface area (Å²) in [6.07, 6.45) is 7.10. The molecule has 15 heteroatoms. The number of amides is 2. The van der Waals surface area contributed by atoms with Crippen LogP contribution in [0.1, 0.15) is 70.7 Å². The predicted octanol–water partition coefficient (Wildman–Crippen LogP) is 6.20. The summed E-state index contributed by atoms with van der Waals surface area (Å²) in [5, 5.41) is 27.2. The number of alkyl halides is 2. The Hall–Kier alpha value is -4.85. The molecule has 0 unspecified atom stereocenters. The third-order valence-electron chi connectivity index (χ3n) is 8.58. The highest BCUT2D eigenvalue weighted by Gasteiger charge is 2.54. The van der Waals surface area contributed by atoms with Crippen molar-refractivity contribution in [2.45, 2.75) is 70.6 Å². The van der Waals surface area contributed by atoms with Gasteiger partial charge in [0.2, 0.25) is 0 Å². The van der Waals surface area contributed by atoms with Crippen molar-refractivity contribution in [3.8, 4) is 16.8 Å². The minimum Gasteiger partial charge on any atom is -0.447 e. The van der Waals surface area contributed by atoms with E-state index in [-0.39, 0.29) is 23.5 Å². The van der Waals surface area contributed by atoms with Gasteiger partial charge in [0, 0.05) is 17.3 Å². The van der Waals surface area contributed by atoms with Gasteiger partial charge in [-0.15, -0.1) is 5.10 Å². The zero-order valence-corrected chi connectivity index (χ0v) is 27.6. The van der Waals surface area contributed by atoms with Crippen molar-refractivity contribution in [3.05, 3.63) is 83.4 Å². The maximum absolute atomic E-state index is 14.8. The van der Waals surface area contributed by atoms with Crippen LogP contribution in [0.4, 0.5) is 13.6 Å². The number of carbonyl (C=O) groups excluding carboxylic acids is 2. The Balaban J connectivity index is 1.38. The summed E-state index contributed by atoms with van der Waals surface area (Å²) in [5.74, 6) is -0.590. The van der Waals surface area contributed by atoms with Crippen molar-refractivity contribution >= 4 is 29.6 Å². The zero-order chi connectivity index (χ0) is 34.4. The van der Waals surface area contributed by atoms with Gasteiger partial charge >= 0.3 is 12.6 Å². The summed E-state index contributed by atoms with van der Waals surface area (Å²) in [4.78, 5) is 29.0. The summed E-state index contributed by atoms with van der Waals surface area (Å²) in [5.41, 5.74) is 0.671. The molecule has 3 heterocycles. The van der Waals surface area contributed by atoms with E-state index in [0.717, 1.165) is 12.8 Å². The largest absolute Gasteiger partial charge is 0.447 e. The van der Waals surface area contributed by atoms with E-state index in [0.29, 0.717) is 44.1 Å². The van der Waals surface area contributed by atoms with Gasteiger partial charge in [0.1, 0.15) is 12.1 Å². The molecule has 2 aromatic heterocycles. The second-order valence-electron chi connectivity index (χ2n) is 13.7. The van der Waals surface area contributed by atoms with Crippen LogP contribution in [0.3, 0.4) is 0 Å². The lowest BCUT2D eigenvalue weighted by atomic mass is 9.75. The molecule has 2 fully saturated rings. The number of nitrogens with one attached hydrogen (secondary N) is 3. The number of hydrogen-bond donors (Lipinski definition) is 3. The number of aromatic nitrogens is 5. The third kappa shape index (κ3) is 6.61. The lowest BCUT2D eigenvalue weighted by Gasteiger charge is -2.35. The highest BCUT2D eigenvalue weighted by molar-refractivity contribution is 6.32. The number of benzene rings is 2. The molecule has 252 valence electrons. The van der Waals surface area contributed by atoms with Crippen LogP contribution in [0.25, 0.3) is 16.8 Å². The number of guanidine groups is 1. The molecule has 4 aromatic rings. The van der Waals surface area contributed by atoms with E-state index in [1.807, 2.05) is 27.7 Å². The molecular weight excluding hydrogens is 644 g/mol. The van der Waals surface area contributed by atoms with Crippen LogP contribution in [0, 0.1) is 10.8 Å². The molecule has 12 nitrogen and oxygen atoms in total. The molecule has 2 aromatic carbocycles. The molecule has 1 saturated heterocycles. The van der Waals surface area contributed by atoms with E-state index >= 15 is 0 Å². The van der Waals surface area contributed by atoms with E-state index in [4.69, 9.17) is 21.7 Å². The van der Waals surface area contributed by atoms with Gasteiger partial charge in [-0.05, 0) is 60.4 Å². The zero-order valence-electron chi connectivity index (χ0n) is 26.9. The second kappa shape index (κ2) is 12.3. The summed E-state index contributed by atoms with van der Waals surface area (Å²) >= 11 is 6.53. The van der Waals surface area contributed by atoms with Gasteiger partial charge in [0.15, 0.2) is 5.96 Å².